The fourth-order valence-corrected chi connectivity index (χ4v) is 4.42. The summed E-state index contributed by atoms with van der Waals surface area (Å²) in [6, 6.07) is 24.0. The zero-order chi connectivity index (χ0) is 25.9. The number of nitrogens with one attached hydrogen (secondary N) is 1. The van der Waals surface area contributed by atoms with Crippen LogP contribution in [0.4, 0.5) is 18.0 Å². The number of carbonyl (C=O) groups is 1. The third kappa shape index (κ3) is 5.87. The molecular weight excluding hydrogens is 467 g/mol. The van der Waals surface area contributed by atoms with Gasteiger partial charge in [-0.1, -0.05) is 67.9 Å². The molecule has 1 unspecified atom stereocenters. The summed E-state index contributed by atoms with van der Waals surface area (Å²) >= 11 is 0. The number of aromatic nitrogens is 2. The van der Waals surface area contributed by atoms with E-state index in [4.69, 9.17) is 4.74 Å². The molecule has 4 aromatic rings. The highest BCUT2D eigenvalue weighted by Crippen LogP contribution is 2.42. The smallest absolute Gasteiger partial charge is 0.407 e. The molecule has 0 radical (unpaired) electrons. The van der Waals surface area contributed by atoms with Gasteiger partial charge < -0.3 is 10.1 Å². The van der Waals surface area contributed by atoms with E-state index in [0.717, 1.165) is 27.7 Å². The van der Waals surface area contributed by atoms with Gasteiger partial charge in [0.15, 0.2) is 0 Å². The third-order valence-electron chi connectivity index (χ3n) is 6.13. The molecule has 0 aliphatic heterocycles. The first-order valence-electron chi connectivity index (χ1n) is 11.6. The SMILES string of the molecule is Cc1ccc(-n2ncc3cc(C(c4ccccc4)C(C)(C)COC(=O)NCC(F)(F)F)ccc32)cc1. The van der Waals surface area contributed by atoms with Crippen molar-refractivity contribution in [1.82, 2.24) is 15.1 Å². The molecule has 1 amide bonds. The van der Waals surface area contributed by atoms with Gasteiger partial charge in [0.1, 0.15) is 6.54 Å². The summed E-state index contributed by atoms with van der Waals surface area (Å²) in [6.45, 7) is 4.39. The molecule has 1 N–H and O–H groups in total. The third-order valence-corrected chi connectivity index (χ3v) is 6.13. The van der Waals surface area contributed by atoms with Gasteiger partial charge in [0.2, 0.25) is 0 Å². The molecule has 1 heterocycles. The molecule has 8 heteroatoms. The predicted molar refractivity (Wildman–Crippen MR) is 133 cm³/mol. The van der Waals surface area contributed by atoms with Gasteiger partial charge in [0, 0.05) is 16.7 Å². The number of hydrogen-bond donors (Lipinski definition) is 1. The number of benzene rings is 3. The lowest BCUT2D eigenvalue weighted by Gasteiger charge is -2.35. The number of halogens is 3. The van der Waals surface area contributed by atoms with Crippen LogP contribution in [0, 0.1) is 12.3 Å². The van der Waals surface area contributed by atoms with Gasteiger partial charge in [-0.3, -0.25) is 0 Å². The Morgan fingerprint density at radius 2 is 1.69 bits per heavy atom. The fraction of sp³-hybridized carbons (Fsp3) is 0.286. The second-order valence-electron chi connectivity index (χ2n) is 9.59. The van der Waals surface area contributed by atoms with E-state index >= 15 is 0 Å². The number of aryl methyl sites for hydroxylation is 1. The van der Waals surface area contributed by atoms with Crippen molar-refractivity contribution in [3.63, 3.8) is 0 Å². The number of ether oxygens (including phenoxy) is 1. The van der Waals surface area contributed by atoms with Crippen molar-refractivity contribution in [2.75, 3.05) is 13.2 Å². The summed E-state index contributed by atoms with van der Waals surface area (Å²) in [5.74, 6) is -0.193. The van der Waals surface area contributed by atoms with Crippen molar-refractivity contribution in [1.29, 1.82) is 0 Å². The number of amides is 1. The number of rotatable bonds is 7. The average Bonchev–Trinajstić information content (AvgIpc) is 3.25. The minimum atomic E-state index is -4.50. The average molecular weight is 496 g/mol. The number of fused-ring (bicyclic) bond motifs is 1. The molecular formula is C28H28F3N3O2. The first-order chi connectivity index (χ1) is 17.0. The van der Waals surface area contributed by atoms with E-state index in [0.29, 0.717) is 0 Å². The maximum atomic E-state index is 12.4. The highest BCUT2D eigenvalue weighted by atomic mass is 19.4. The van der Waals surface area contributed by atoms with Crippen LogP contribution in [-0.4, -0.2) is 35.2 Å². The highest BCUT2D eigenvalue weighted by molar-refractivity contribution is 5.81. The molecule has 1 atom stereocenters. The Bertz CT molecular complexity index is 1330. The van der Waals surface area contributed by atoms with Crippen LogP contribution in [0.25, 0.3) is 16.6 Å². The first-order valence-corrected chi connectivity index (χ1v) is 11.6. The van der Waals surface area contributed by atoms with Gasteiger partial charge in [0.25, 0.3) is 0 Å². The van der Waals surface area contributed by atoms with Crippen molar-refractivity contribution in [2.24, 2.45) is 5.41 Å². The number of hydrogen-bond acceptors (Lipinski definition) is 3. The molecule has 36 heavy (non-hydrogen) atoms. The maximum absolute atomic E-state index is 12.4. The molecule has 0 fully saturated rings. The largest absolute Gasteiger partial charge is 0.449 e. The Hall–Kier alpha value is -3.81. The monoisotopic (exact) mass is 495 g/mol. The number of alkyl carbamates (subject to hydrolysis) is 1. The van der Waals surface area contributed by atoms with E-state index < -0.39 is 24.2 Å². The molecule has 0 bridgehead atoms. The van der Waals surface area contributed by atoms with E-state index in [2.05, 4.69) is 11.2 Å². The molecule has 188 valence electrons. The van der Waals surface area contributed by atoms with Crippen LogP contribution in [0.2, 0.25) is 0 Å². The summed E-state index contributed by atoms with van der Waals surface area (Å²) in [7, 11) is 0. The number of carbonyl (C=O) groups excluding carboxylic acids is 1. The van der Waals surface area contributed by atoms with Gasteiger partial charge in [-0.05, 0) is 42.3 Å². The summed E-state index contributed by atoms with van der Waals surface area (Å²) in [6.07, 6.45) is -3.78. The lowest BCUT2D eigenvalue weighted by molar-refractivity contribution is -0.124. The van der Waals surface area contributed by atoms with Gasteiger partial charge in [-0.25, -0.2) is 9.48 Å². The summed E-state index contributed by atoms with van der Waals surface area (Å²) in [5, 5.41) is 7.29. The molecule has 0 aliphatic carbocycles. The molecule has 0 saturated carbocycles. The molecule has 3 aromatic carbocycles. The van der Waals surface area contributed by atoms with Crippen molar-refractivity contribution >= 4 is 17.0 Å². The summed E-state index contributed by atoms with van der Waals surface area (Å²) < 4.78 is 44.4. The molecule has 0 aliphatic rings. The lowest BCUT2D eigenvalue weighted by atomic mass is 9.71. The summed E-state index contributed by atoms with van der Waals surface area (Å²) in [5.41, 5.74) is 4.45. The van der Waals surface area contributed by atoms with E-state index in [1.165, 1.54) is 5.56 Å². The minimum Gasteiger partial charge on any atom is -0.449 e. The van der Waals surface area contributed by atoms with Gasteiger partial charge >= 0.3 is 12.3 Å². The minimum absolute atomic E-state index is 0.0725. The molecule has 0 spiro atoms. The highest BCUT2D eigenvalue weighted by Gasteiger charge is 2.35. The van der Waals surface area contributed by atoms with Crippen molar-refractivity contribution in [2.45, 2.75) is 32.9 Å². The van der Waals surface area contributed by atoms with E-state index in [1.807, 2.05) is 98.4 Å². The van der Waals surface area contributed by atoms with Crippen LogP contribution in [0.15, 0.2) is 79.0 Å². The van der Waals surface area contributed by atoms with Gasteiger partial charge in [-0.15, -0.1) is 0 Å². The van der Waals surface area contributed by atoms with Crippen molar-refractivity contribution in [3.05, 3.63) is 95.7 Å². The van der Waals surface area contributed by atoms with Gasteiger partial charge in [-0.2, -0.15) is 18.3 Å². The standard InChI is InChI=1S/C28H28F3N3O2/c1-19-9-12-23(13-10-19)34-24-14-11-21(15-22(24)16-33-34)25(20-7-5-4-6-8-20)27(2,3)18-36-26(35)32-17-28(29,30)31/h4-16,25H,17-18H2,1-3H3,(H,32,35). The van der Waals surface area contributed by atoms with Gasteiger partial charge in [0.05, 0.1) is 24.0 Å². The second kappa shape index (κ2) is 10.0. The number of nitrogens with zero attached hydrogens (tertiary/aromatic N) is 2. The summed E-state index contributed by atoms with van der Waals surface area (Å²) in [4.78, 5) is 11.9. The maximum Gasteiger partial charge on any atom is 0.407 e. The Labute approximate surface area is 207 Å². The van der Waals surface area contributed by atoms with Crippen LogP contribution in [-0.2, 0) is 4.74 Å². The molecule has 1 aromatic heterocycles. The first kappa shape index (κ1) is 25.3. The lowest BCUT2D eigenvalue weighted by Crippen LogP contribution is -2.37. The van der Waals surface area contributed by atoms with Crippen LogP contribution in [0.1, 0.15) is 36.5 Å². The van der Waals surface area contributed by atoms with Crippen LogP contribution < -0.4 is 5.32 Å². The van der Waals surface area contributed by atoms with E-state index in [-0.39, 0.29) is 12.5 Å². The van der Waals surface area contributed by atoms with E-state index in [9.17, 15) is 18.0 Å². The van der Waals surface area contributed by atoms with Crippen LogP contribution >= 0.6 is 0 Å². The Kier molecular flexibility index (Phi) is 7.06. The van der Waals surface area contributed by atoms with Crippen molar-refractivity contribution < 1.29 is 22.7 Å². The fourth-order valence-electron chi connectivity index (χ4n) is 4.42. The van der Waals surface area contributed by atoms with E-state index in [1.54, 1.807) is 5.32 Å². The van der Waals surface area contributed by atoms with Crippen LogP contribution in [0.5, 0.6) is 0 Å². The Morgan fingerprint density at radius 1 is 1.00 bits per heavy atom. The zero-order valence-electron chi connectivity index (χ0n) is 20.3. The Morgan fingerprint density at radius 3 is 2.36 bits per heavy atom. The molecule has 0 saturated heterocycles. The quantitative estimate of drug-likeness (QED) is 0.307. The second-order valence-corrected chi connectivity index (χ2v) is 9.59. The Balaban J connectivity index is 1.64. The number of alkyl halides is 3. The topological polar surface area (TPSA) is 56.2 Å². The molecule has 4 rings (SSSR count). The normalized spacial score (nSPS) is 12.9. The molecule has 5 nitrogen and oxygen atoms in total. The van der Waals surface area contributed by atoms with Crippen LogP contribution in [0.3, 0.4) is 0 Å². The predicted octanol–water partition coefficient (Wildman–Crippen LogP) is 6.78. The van der Waals surface area contributed by atoms with Crippen molar-refractivity contribution in [3.8, 4) is 5.69 Å². The zero-order valence-corrected chi connectivity index (χ0v) is 20.3.